The van der Waals surface area contributed by atoms with Gasteiger partial charge in [0.25, 0.3) is 0 Å². The second-order valence-electron chi connectivity index (χ2n) is 5.27. The molecule has 1 heterocycles. The van der Waals surface area contributed by atoms with E-state index in [0.717, 1.165) is 12.8 Å². The van der Waals surface area contributed by atoms with Gasteiger partial charge in [-0.25, -0.2) is 0 Å². The topological polar surface area (TPSA) is 12.9 Å². The summed E-state index contributed by atoms with van der Waals surface area (Å²) in [5, 5.41) is 0. The molecule has 0 spiro atoms. The minimum absolute atomic E-state index is 0.403. The van der Waals surface area contributed by atoms with Crippen LogP contribution in [-0.4, -0.2) is 4.98 Å². The van der Waals surface area contributed by atoms with E-state index in [0.29, 0.717) is 5.92 Å². The quantitative estimate of drug-likeness (QED) is 0.647. The average molecular weight is 273 g/mol. The molecule has 1 atom stereocenters. The standard InChI is InChI=1S/C20H19N/c1-3-8-17(9-4-1)13-14-20(18-10-5-2-6-11-18)19-12-7-15-21-16-19/h1-12,15-16,20H,13-14H2. The maximum absolute atomic E-state index is 4.29. The molecule has 0 saturated carbocycles. The van der Waals surface area contributed by atoms with Crippen LogP contribution in [0.3, 0.4) is 0 Å². The lowest BCUT2D eigenvalue weighted by molar-refractivity contribution is 0.712. The fourth-order valence-corrected chi connectivity index (χ4v) is 2.75. The van der Waals surface area contributed by atoms with Gasteiger partial charge in [-0.2, -0.15) is 0 Å². The summed E-state index contributed by atoms with van der Waals surface area (Å²) in [5.74, 6) is 0.403. The minimum atomic E-state index is 0.403. The number of aromatic nitrogens is 1. The summed E-state index contributed by atoms with van der Waals surface area (Å²) < 4.78 is 0. The van der Waals surface area contributed by atoms with Gasteiger partial charge in [0.15, 0.2) is 0 Å². The van der Waals surface area contributed by atoms with Gasteiger partial charge in [0, 0.05) is 18.3 Å². The molecule has 1 aromatic heterocycles. The van der Waals surface area contributed by atoms with Crippen LogP contribution >= 0.6 is 0 Å². The summed E-state index contributed by atoms with van der Waals surface area (Å²) in [6.45, 7) is 0. The van der Waals surface area contributed by atoms with Crippen molar-refractivity contribution in [2.75, 3.05) is 0 Å². The monoisotopic (exact) mass is 273 g/mol. The van der Waals surface area contributed by atoms with Crippen molar-refractivity contribution >= 4 is 0 Å². The molecule has 0 bridgehead atoms. The van der Waals surface area contributed by atoms with E-state index in [1.165, 1.54) is 16.7 Å². The first-order valence-electron chi connectivity index (χ1n) is 7.42. The molecule has 0 N–H and O–H groups in total. The number of rotatable bonds is 5. The fourth-order valence-electron chi connectivity index (χ4n) is 2.75. The van der Waals surface area contributed by atoms with E-state index in [4.69, 9.17) is 0 Å². The Balaban J connectivity index is 1.83. The van der Waals surface area contributed by atoms with Crippen LogP contribution in [-0.2, 0) is 6.42 Å². The molecule has 0 aliphatic carbocycles. The van der Waals surface area contributed by atoms with E-state index in [1.807, 2.05) is 18.5 Å². The Hall–Kier alpha value is -2.41. The third kappa shape index (κ3) is 3.57. The first-order valence-corrected chi connectivity index (χ1v) is 7.42. The normalized spacial score (nSPS) is 12.0. The maximum Gasteiger partial charge on any atom is 0.0306 e. The molecule has 0 saturated heterocycles. The van der Waals surface area contributed by atoms with E-state index in [9.17, 15) is 0 Å². The van der Waals surface area contributed by atoms with Crippen LogP contribution in [0.1, 0.15) is 29.0 Å². The van der Waals surface area contributed by atoms with Crippen molar-refractivity contribution in [3.63, 3.8) is 0 Å². The van der Waals surface area contributed by atoms with E-state index in [-0.39, 0.29) is 0 Å². The zero-order valence-corrected chi connectivity index (χ0v) is 12.0. The molecule has 0 fully saturated rings. The van der Waals surface area contributed by atoms with Gasteiger partial charge >= 0.3 is 0 Å². The Bertz CT molecular complexity index is 608. The van der Waals surface area contributed by atoms with Crippen molar-refractivity contribution in [1.82, 2.24) is 4.98 Å². The van der Waals surface area contributed by atoms with Crippen LogP contribution in [0.4, 0.5) is 0 Å². The molecular weight excluding hydrogens is 254 g/mol. The van der Waals surface area contributed by atoms with Crippen molar-refractivity contribution in [1.29, 1.82) is 0 Å². The first-order chi connectivity index (χ1) is 10.4. The lowest BCUT2D eigenvalue weighted by Gasteiger charge is -2.17. The molecule has 3 aromatic rings. The Morgan fingerprint density at radius 1 is 0.714 bits per heavy atom. The molecule has 0 amide bonds. The van der Waals surface area contributed by atoms with E-state index >= 15 is 0 Å². The molecule has 1 nitrogen and oxygen atoms in total. The van der Waals surface area contributed by atoms with Gasteiger partial charge in [-0.3, -0.25) is 4.98 Å². The highest BCUT2D eigenvalue weighted by molar-refractivity contribution is 5.31. The predicted octanol–water partition coefficient (Wildman–Crippen LogP) is 4.85. The second-order valence-corrected chi connectivity index (χ2v) is 5.27. The predicted molar refractivity (Wildman–Crippen MR) is 87.3 cm³/mol. The van der Waals surface area contributed by atoms with Gasteiger partial charge in [-0.15, -0.1) is 0 Å². The Kier molecular flexibility index (Phi) is 4.42. The Morgan fingerprint density at radius 2 is 1.38 bits per heavy atom. The molecule has 21 heavy (non-hydrogen) atoms. The first kappa shape index (κ1) is 13.6. The van der Waals surface area contributed by atoms with Crippen LogP contribution < -0.4 is 0 Å². The number of benzene rings is 2. The molecule has 104 valence electrons. The summed E-state index contributed by atoms with van der Waals surface area (Å²) >= 11 is 0. The third-order valence-corrected chi connectivity index (χ3v) is 3.85. The highest BCUT2D eigenvalue weighted by atomic mass is 14.6. The largest absolute Gasteiger partial charge is 0.264 e. The molecular formula is C20H19N. The van der Waals surface area contributed by atoms with Gasteiger partial charge in [0.1, 0.15) is 0 Å². The second kappa shape index (κ2) is 6.85. The lowest BCUT2D eigenvalue weighted by Crippen LogP contribution is -2.03. The van der Waals surface area contributed by atoms with E-state index in [2.05, 4.69) is 71.7 Å². The Labute approximate surface area is 126 Å². The minimum Gasteiger partial charge on any atom is -0.264 e. The summed E-state index contributed by atoms with van der Waals surface area (Å²) in [7, 11) is 0. The van der Waals surface area contributed by atoms with Gasteiger partial charge in [-0.1, -0.05) is 66.7 Å². The van der Waals surface area contributed by atoms with Crippen LogP contribution in [0.15, 0.2) is 85.2 Å². The van der Waals surface area contributed by atoms with Crippen molar-refractivity contribution < 1.29 is 0 Å². The molecule has 2 aromatic carbocycles. The van der Waals surface area contributed by atoms with Crippen molar-refractivity contribution in [3.05, 3.63) is 102 Å². The molecule has 0 aliphatic rings. The lowest BCUT2D eigenvalue weighted by atomic mass is 9.87. The van der Waals surface area contributed by atoms with Crippen LogP contribution in [0, 0.1) is 0 Å². The molecule has 3 rings (SSSR count). The molecule has 0 aliphatic heterocycles. The maximum atomic E-state index is 4.29. The zero-order valence-electron chi connectivity index (χ0n) is 12.0. The number of aryl methyl sites for hydroxylation is 1. The van der Waals surface area contributed by atoms with Gasteiger partial charge < -0.3 is 0 Å². The SMILES string of the molecule is c1ccc(CCC(c2ccccc2)c2cccnc2)cc1. The van der Waals surface area contributed by atoms with Crippen LogP contribution in [0.5, 0.6) is 0 Å². The summed E-state index contributed by atoms with van der Waals surface area (Å²) in [4.78, 5) is 4.29. The number of hydrogen-bond donors (Lipinski definition) is 0. The number of pyridine rings is 1. The Morgan fingerprint density at radius 3 is 2.05 bits per heavy atom. The highest BCUT2D eigenvalue weighted by Gasteiger charge is 2.14. The van der Waals surface area contributed by atoms with Crippen LogP contribution in [0.25, 0.3) is 0 Å². The average Bonchev–Trinajstić information content (AvgIpc) is 2.58. The highest BCUT2D eigenvalue weighted by Crippen LogP contribution is 2.28. The molecule has 1 heteroatoms. The van der Waals surface area contributed by atoms with E-state index < -0.39 is 0 Å². The number of nitrogens with zero attached hydrogens (tertiary/aromatic N) is 1. The smallest absolute Gasteiger partial charge is 0.0306 e. The van der Waals surface area contributed by atoms with Crippen molar-refractivity contribution in [2.24, 2.45) is 0 Å². The summed E-state index contributed by atoms with van der Waals surface area (Å²) in [5.41, 5.74) is 4.04. The van der Waals surface area contributed by atoms with E-state index in [1.54, 1.807) is 0 Å². The summed E-state index contributed by atoms with van der Waals surface area (Å²) in [6, 6.07) is 25.6. The van der Waals surface area contributed by atoms with Crippen molar-refractivity contribution in [2.45, 2.75) is 18.8 Å². The molecule has 1 unspecified atom stereocenters. The summed E-state index contributed by atoms with van der Waals surface area (Å²) in [6.07, 6.45) is 6.00. The van der Waals surface area contributed by atoms with Crippen molar-refractivity contribution in [3.8, 4) is 0 Å². The molecule has 0 radical (unpaired) electrons. The van der Waals surface area contributed by atoms with Gasteiger partial charge in [0.05, 0.1) is 0 Å². The van der Waals surface area contributed by atoms with Gasteiger partial charge in [0.2, 0.25) is 0 Å². The van der Waals surface area contributed by atoms with Crippen LogP contribution in [0.2, 0.25) is 0 Å². The van der Waals surface area contributed by atoms with Gasteiger partial charge in [-0.05, 0) is 35.6 Å². The fraction of sp³-hybridized carbons (Fsp3) is 0.150. The third-order valence-electron chi connectivity index (χ3n) is 3.85. The number of hydrogen-bond acceptors (Lipinski definition) is 1. The zero-order chi connectivity index (χ0) is 14.3.